The Hall–Kier alpha value is -7.79. The third kappa shape index (κ3) is 12.9. The zero-order chi connectivity index (χ0) is 85.8. The fourth-order valence-electron chi connectivity index (χ4n) is 28.9. The van der Waals surface area contributed by atoms with Crippen LogP contribution in [0.1, 0.15) is 287 Å². The third-order valence-electron chi connectivity index (χ3n) is 35.9. The molecule has 3 heterocycles. The van der Waals surface area contributed by atoms with Gasteiger partial charge in [-0.25, -0.2) is 0 Å². The molecule has 0 saturated heterocycles. The summed E-state index contributed by atoms with van der Waals surface area (Å²) in [6, 6.07) is 13.3. The molecule has 5 N–H and O–H groups in total. The SMILES string of the molecule is CNCCn1c(C[C@@]23CC[C@]4(C)[C@H](CCC5[C@@]6(C)CC[C@H](OC(=O)CC(C)(Cc7cc(-c8nnc(C(O)[C@@]9%10CC[C@]%11(C)[C@H](CCC%12(C)[C@@]%13(C)CC[C@H](OC(=O)CC(C)(C)C(=O)O)C(C)(C)C%13CC[C@]%12%11C)C9=C(C(C)C)C(=O)C%10)n8CCNC)ccc7C#N)C(=O)O)C(C)(C)C6CC[C@]54C)C2=C(C(C)C)C(=O)C3)nnc1-c1ccc(C#N)cn1. The Morgan fingerprint density at radius 1 is 0.593 bits per heavy atom. The van der Waals surface area contributed by atoms with Crippen molar-refractivity contribution >= 4 is 35.4 Å². The highest BCUT2D eigenvalue weighted by molar-refractivity contribution is 6.01. The highest BCUT2D eigenvalue weighted by Gasteiger charge is 2.76. The van der Waals surface area contributed by atoms with Gasteiger partial charge in [-0.15, -0.1) is 20.4 Å². The first-order valence-corrected chi connectivity index (χ1v) is 44.4. The Labute approximate surface area is 699 Å². The molecule has 10 aliphatic rings. The maximum Gasteiger partial charge on any atom is 0.310 e. The van der Waals surface area contributed by atoms with E-state index < -0.39 is 75.0 Å². The van der Waals surface area contributed by atoms with Crippen molar-refractivity contribution in [3.8, 4) is 35.0 Å². The standard InChI is InChI=1S/C96H133N11O11/c1-55(2)74-64(108)47-95(49-71-102-104-80(106(71)43-41-99-19)63-25-21-57(52-97)54-101-63)39-37-89(13)61(76(74)95)24-26-68-88(12)32-30-69(85(7,8)66(88)28-33-91(68,89)15)118-73(111)51-87(11,83(115)116)46-60-45-58(22-23-59(60)53-98)79-103-105-81(107(79)44-42-100-20)78(112)96-40-38-90(14)62(77(96)75(56(3)4)65(109)48-96)27-35-94(18)92(16)34-31-70(117-72(110)50-84(5,6)82(113)114)86(9,10)67(92)29-36-93(90,94)17/h21-23,25,45,54-56,61-62,66-70,78,99-100,112H,24,26-44,46-51H2,1-20H3,(H,113,114)(H,115,116)/t61-,62-,66?,67?,68?,69+,70+,78?,87?,88+,89-,90-,91-,92+,93+,94?,95+,96-/m1/s1. The predicted octanol–water partition coefficient (Wildman–Crippen LogP) is 16.8. The molecular weight excluding hydrogens is 1480 g/mol. The number of carboxylic acids is 2. The first kappa shape index (κ1) is 86.6. The Kier molecular flexibility index (Phi) is 22.1. The Morgan fingerprint density at radius 3 is 1.81 bits per heavy atom. The van der Waals surface area contributed by atoms with E-state index in [4.69, 9.17) is 29.9 Å². The number of fused-ring (bicyclic) bond motifs is 14. The molecular formula is C96H133N11O11. The lowest BCUT2D eigenvalue weighted by atomic mass is 9.28. The molecule has 22 heteroatoms. The first-order chi connectivity index (χ1) is 55.3. The van der Waals surface area contributed by atoms with Crippen LogP contribution in [-0.2, 0) is 64.2 Å². The summed E-state index contributed by atoms with van der Waals surface area (Å²) in [7, 11) is 3.78. The van der Waals surface area contributed by atoms with Crippen LogP contribution in [0.4, 0.5) is 0 Å². The van der Waals surface area contributed by atoms with Crippen LogP contribution in [0, 0.1) is 134 Å². The van der Waals surface area contributed by atoms with Gasteiger partial charge in [0, 0.05) is 78.9 Å². The van der Waals surface area contributed by atoms with Crippen molar-refractivity contribution < 1.29 is 53.6 Å². The fraction of sp³-hybridized carbons (Fsp3) is 0.719. The molecule has 0 bridgehead atoms. The summed E-state index contributed by atoms with van der Waals surface area (Å²) in [6.07, 6.45) is 13.5. The molecule has 22 nitrogen and oxygen atoms in total. The van der Waals surface area contributed by atoms with Crippen LogP contribution in [-0.4, -0.2) is 125 Å². The first-order valence-electron chi connectivity index (χ1n) is 44.4. The van der Waals surface area contributed by atoms with Crippen molar-refractivity contribution in [2.75, 3.05) is 27.2 Å². The molecule has 8 fully saturated rings. The van der Waals surface area contributed by atoms with Gasteiger partial charge >= 0.3 is 23.9 Å². The van der Waals surface area contributed by atoms with Crippen molar-refractivity contribution in [1.82, 2.24) is 45.1 Å². The van der Waals surface area contributed by atoms with Crippen LogP contribution in [0.25, 0.3) is 22.9 Å². The largest absolute Gasteiger partial charge is 0.481 e. The van der Waals surface area contributed by atoms with E-state index in [0.717, 1.165) is 106 Å². The number of aromatic nitrogens is 7. The summed E-state index contributed by atoms with van der Waals surface area (Å²) in [5.74, 6) is 0.112. The quantitative estimate of drug-likeness (QED) is 0.0407. The van der Waals surface area contributed by atoms with Crippen molar-refractivity contribution in [3.05, 3.63) is 87.2 Å². The number of aliphatic hydroxyl groups excluding tert-OH is 1. The highest BCUT2D eigenvalue weighted by Crippen LogP contribution is 2.83. The smallest absolute Gasteiger partial charge is 0.310 e. The second kappa shape index (κ2) is 30.1. The number of ether oxygens (including phenoxy) is 2. The van der Waals surface area contributed by atoms with E-state index in [2.05, 4.69) is 136 Å². The third-order valence-corrected chi connectivity index (χ3v) is 35.9. The van der Waals surface area contributed by atoms with E-state index in [-0.39, 0.29) is 116 Å². The minimum atomic E-state index is -1.71. The van der Waals surface area contributed by atoms with Crippen molar-refractivity contribution in [2.24, 2.45) is 112 Å². The van der Waals surface area contributed by atoms with Gasteiger partial charge in [-0.1, -0.05) is 109 Å². The van der Waals surface area contributed by atoms with Crippen LogP contribution in [0.2, 0.25) is 0 Å². The molecule has 0 radical (unpaired) electrons. The molecule has 0 spiro atoms. The number of benzene rings is 1. The summed E-state index contributed by atoms with van der Waals surface area (Å²) in [5, 5.41) is 81.3. The lowest BCUT2D eigenvalue weighted by Crippen LogP contribution is -2.70. The number of rotatable bonds is 24. The number of pyridine rings is 1. The molecule has 0 amide bonds. The van der Waals surface area contributed by atoms with E-state index in [1.165, 1.54) is 5.57 Å². The molecule has 10 aliphatic carbocycles. The van der Waals surface area contributed by atoms with Gasteiger partial charge in [0.15, 0.2) is 29.0 Å². The van der Waals surface area contributed by atoms with Gasteiger partial charge in [0.05, 0.1) is 40.9 Å². The average Bonchev–Trinajstić information content (AvgIpc) is 1.12. The molecule has 18 atom stereocenters. The predicted molar refractivity (Wildman–Crippen MR) is 448 cm³/mol. The van der Waals surface area contributed by atoms with Gasteiger partial charge < -0.3 is 44.6 Å². The molecule has 6 unspecified atom stereocenters. The highest BCUT2D eigenvalue weighted by atomic mass is 16.5. The molecule has 638 valence electrons. The number of aliphatic carboxylic acids is 2. The van der Waals surface area contributed by atoms with Crippen molar-refractivity contribution in [3.63, 3.8) is 0 Å². The molecule has 118 heavy (non-hydrogen) atoms. The Bertz CT molecular complexity index is 4860. The van der Waals surface area contributed by atoms with Gasteiger partial charge in [-0.05, 0) is 276 Å². The average molecular weight is 1620 g/mol. The van der Waals surface area contributed by atoms with E-state index in [0.29, 0.717) is 104 Å². The summed E-state index contributed by atoms with van der Waals surface area (Å²) in [4.78, 5) is 89.0. The Balaban J connectivity index is 0.686. The number of aliphatic hydroxyl groups is 1. The normalized spacial score (nSPS) is 35.2. The number of likely N-dealkylation sites (N-methyl/N-ethyl adjacent to an activating group) is 2. The van der Waals surface area contributed by atoms with Crippen molar-refractivity contribution in [1.29, 1.82) is 10.5 Å². The van der Waals surface area contributed by atoms with Crippen molar-refractivity contribution in [2.45, 2.75) is 297 Å². The minimum Gasteiger partial charge on any atom is -0.481 e. The van der Waals surface area contributed by atoms with Crippen LogP contribution in [0.15, 0.2) is 58.8 Å². The Morgan fingerprint density at radius 2 is 1.18 bits per heavy atom. The van der Waals surface area contributed by atoms with Gasteiger partial charge in [-0.2, -0.15) is 10.5 Å². The van der Waals surface area contributed by atoms with Gasteiger partial charge in [0.1, 0.15) is 35.9 Å². The number of carbonyl (C=O) groups is 6. The second-order valence-corrected chi connectivity index (χ2v) is 43.1. The van der Waals surface area contributed by atoms with Gasteiger partial charge in [0.2, 0.25) is 0 Å². The number of esters is 2. The maximum atomic E-state index is 15.1. The second-order valence-electron chi connectivity index (χ2n) is 43.1. The number of Topliss-reactive ketones (excluding diaryl/α,β-unsaturated/α-hetero) is 2. The number of hydrogen-bond donors (Lipinski definition) is 5. The summed E-state index contributed by atoms with van der Waals surface area (Å²) in [6.45, 7) is 42.0. The number of hydrogen-bond acceptors (Lipinski definition) is 18. The number of carbonyl (C=O) groups excluding carboxylic acids is 4. The van der Waals surface area contributed by atoms with Crippen LogP contribution in [0.3, 0.4) is 0 Å². The molecule has 4 aromatic rings. The van der Waals surface area contributed by atoms with Crippen LogP contribution >= 0.6 is 0 Å². The van der Waals surface area contributed by atoms with E-state index in [1.54, 1.807) is 51.2 Å². The summed E-state index contributed by atoms with van der Waals surface area (Å²) >= 11 is 0. The lowest BCUT2D eigenvalue weighted by molar-refractivity contribution is -0.279. The fourth-order valence-corrected chi connectivity index (χ4v) is 28.9. The monoisotopic (exact) mass is 1620 g/mol. The zero-order valence-electron chi connectivity index (χ0n) is 74.3. The van der Waals surface area contributed by atoms with Gasteiger partial charge in [0.25, 0.3) is 0 Å². The van der Waals surface area contributed by atoms with E-state index in [9.17, 15) is 49.8 Å². The van der Waals surface area contributed by atoms with Crippen LogP contribution < -0.4 is 10.6 Å². The number of nitriles is 2. The zero-order valence-corrected chi connectivity index (χ0v) is 74.3. The topological polar surface area (TPSA) is 328 Å². The molecule has 1 aromatic carbocycles. The minimum absolute atomic E-state index is 0.0245. The summed E-state index contributed by atoms with van der Waals surface area (Å²) < 4.78 is 17.1. The molecule has 0 aliphatic heterocycles. The number of nitrogens with zero attached hydrogens (tertiary/aromatic N) is 9. The number of carboxylic acid groups (broad SMARTS) is 2. The number of allylic oxidation sites excluding steroid dienone is 3. The maximum absolute atomic E-state index is 15.1. The molecule has 3 aromatic heterocycles. The molecule has 8 saturated carbocycles. The summed E-state index contributed by atoms with van der Waals surface area (Å²) in [5.41, 5.74) is 0.284. The number of nitrogens with one attached hydrogen (secondary N) is 2. The van der Waals surface area contributed by atoms with E-state index in [1.807, 2.05) is 24.7 Å². The molecule has 14 rings (SSSR count). The van der Waals surface area contributed by atoms with E-state index >= 15 is 4.79 Å². The van der Waals surface area contributed by atoms with Crippen LogP contribution in [0.5, 0.6) is 0 Å². The lowest BCUT2D eigenvalue weighted by Gasteiger charge is -2.76. The number of ketones is 2. The van der Waals surface area contributed by atoms with Gasteiger partial charge in [-0.3, -0.25) is 33.8 Å².